The van der Waals surface area contributed by atoms with Crippen molar-refractivity contribution in [1.82, 2.24) is 0 Å². The Morgan fingerprint density at radius 2 is 1.38 bits per heavy atom. The predicted molar refractivity (Wildman–Crippen MR) is 92.0 cm³/mol. The van der Waals surface area contributed by atoms with Crippen molar-refractivity contribution in [2.24, 2.45) is 0 Å². The third-order valence-electron chi connectivity index (χ3n) is 4.18. The Labute approximate surface area is 132 Å². The van der Waals surface area contributed by atoms with E-state index in [1.165, 1.54) is 0 Å². The van der Waals surface area contributed by atoms with Crippen LogP contribution in [0.5, 0.6) is 0 Å². The van der Waals surface area contributed by atoms with Gasteiger partial charge in [-0.25, -0.2) is 4.79 Å². The molecule has 0 aromatic rings. The lowest BCUT2D eigenvalue weighted by Crippen LogP contribution is -2.47. The number of hydrogen-bond donors (Lipinski definition) is 0. The first kappa shape index (κ1) is 20.4. The van der Waals surface area contributed by atoms with Crippen LogP contribution >= 0.6 is 0 Å². The summed E-state index contributed by atoms with van der Waals surface area (Å²) in [6.45, 7) is 20.2. The second-order valence-electron chi connectivity index (χ2n) is 6.79. The van der Waals surface area contributed by atoms with Crippen LogP contribution in [0.4, 0.5) is 0 Å². The number of carbonyl (C=O) groups excluding carboxylic acids is 1. The van der Waals surface area contributed by atoms with Crippen LogP contribution in [0, 0.1) is 0 Å². The van der Waals surface area contributed by atoms with E-state index in [1.54, 1.807) is 6.92 Å². The molecule has 0 aromatic carbocycles. The molecule has 0 aliphatic rings. The Bertz CT molecular complexity index is 313. The second-order valence-corrected chi connectivity index (χ2v) is 12.2. The van der Waals surface area contributed by atoms with Crippen LogP contribution in [0.25, 0.3) is 0 Å². The fraction of sp³-hybridized carbons (Fsp3) is 0.824. The first-order valence-corrected chi connectivity index (χ1v) is 10.3. The number of hydrogen-bond acceptors (Lipinski definition) is 3. The summed E-state index contributed by atoms with van der Waals surface area (Å²) >= 11 is 0. The fourth-order valence-corrected chi connectivity index (χ4v) is 8.74. The van der Waals surface area contributed by atoms with Gasteiger partial charge in [-0.2, -0.15) is 0 Å². The van der Waals surface area contributed by atoms with Crippen molar-refractivity contribution in [3.05, 3.63) is 12.2 Å². The van der Waals surface area contributed by atoms with Crippen LogP contribution in [0.3, 0.4) is 0 Å². The van der Waals surface area contributed by atoms with Gasteiger partial charge in [-0.1, -0.05) is 48.1 Å². The van der Waals surface area contributed by atoms with Crippen LogP contribution in [0.15, 0.2) is 12.2 Å². The van der Waals surface area contributed by atoms with Crippen LogP contribution < -0.4 is 0 Å². The molecule has 0 spiro atoms. The molecular formula is C17H34O3Si. The van der Waals surface area contributed by atoms with E-state index in [2.05, 4.69) is 48.1 Å². The van der Waals surface area contributed by atoms with Gasteiger partial charge in [-0.15, -0.1) is 0 Å². The first-order valence-electron chi connectivity index (χ1n) is 8.12. The lowest BCUT2D eigenvalue weighted by molar-refractivity contribution is -0.139. The number of rotatable bonds is 10. The maximum Gasteiger partial charge on any atom is 0.333 e. The summed E-state index contributed by atoms with van der Waals surface area (Å²) < 4.78 is 11.5. The second kappa shape index (κ2) is 9.41. The summed E-state index contributed by atoms with van der Waals surface area (Å²) in [5, 5.41) is 0. The smallest absolute Gasteiger partial charge is 0.333 e. The summed E-state index contributed by atoms with van der Waals surface area (Å²) in [6, 6.07) is 0. The van der Waals surface area contributed by atoms with Gasteiger partial charge in [0.1, 0.15) is 0 Å². The average molecular weight is 315 g/mol. The van der Waals surface area contributed by atoms with Crippen LogP contribution in [-0.2, 0) is 14.0 Å². The zero-order valence-corrected chi connectivity index (χ0v) is 16.0. The zero-order valence-electron chi connectivity index (χ0n) is 15.0. The maximum atomic E-state index is 11.3. The van der Waals surface area contributed by atoms with Gasteiger partial charge in [-0.05, 0) is 36.4 Å². The molecule has 0 aliphatic heterocycles. The Morgan fingerprint density at radius 3 is 1.76 bits per heavy atom. The molecule has 21 heavy (non-hydrogen) atoms. The number of unbranched alkanes of at least 4 members (excludes halogenated alkanes) is 1. The minimum atomic E-state index is -1.75. The number of ether oxygens (including phenoxy) is 1. The van der Waals surface area contributed by atoms with E-state index >= 15 is 0 Å². The van der Waals surface area contributed by atoms with Gasteiger partial charge < -0.3 is 9.16 Å². The quantitative estimate of drug-likeness (QED) is 0.244. The van der Waals surface area contributed by atoms with Gasteiger partial charge in [-0.3, -0.25) is 0 Å². The van der Waals surface area contributed by atoms with Crippen molar-refractivity contribution in [1.29, 1.82) is 0 Å². The normalized spacial score (nSPS) is 12.3. The minimum Gasteiger partial charge on any atom is -0.462 e. The van der Waals surface area contributed by atoms with E-state index in [4.69, 9.17) is 9.16 Å². The third-order valence-corrected chi connectivity index (χ3v) is 10.3. The largest absolute Gasteiger partial charge is 0.462 e. The van der Waals surface area contributed by atoms with Gasteiger partial charge in [0.2, 0.25) is 0 Å². The number of carbonyl (C=O) groups is 1. The van der Waals surface area contributed by atoms with Gasteiger partial charge in [0.15, 0.2) is 8.32 Å². The summed E-state index contributed by atoms with van der Waals surface area (Å²) in [5.41, 5.74) is 2.29. The molecule has 0 rings (SSSR count). The molecule has 124 valence electrons. The highest BCUT2D eigenvalue weighted by Gasteiger charge is 2.44. The van der Waals surface area contributed by atoms with Gasteiger partial charge in [0.05, 0.1) is 6.61 Å². The fourth-order valence-electron chi connectivity index (χ4n) is 3.24. The van der Waals surface area contributed by atoms with Crippen LogP contribution in [0.2, 0.25) is 16.6 Å². The molecule has 4 heteroatoms. The summed E-state index contributed by atoms with van der Waals surface area (Å²) in [7, 11) is -1.75. The molecule has 0 amide bonds. The average Bonchev–Trinajstić information content (AvgIpc) is 2.35. The summed E-state index contributed by atoms with van der Waals surface area (Å²) in [6.07, 6.45) is 1.78. The van der Waals surface area contributed by atoms with E-state index in [9.17, 15) is 4.79 Å². The van der Waals surface area contributed by atoms with E-state index in [0.717, 1.165) is 19.4 Å². The molecule has 0 bridgehead atoms. The van der Waals surface area contributed by atoms with Gasteiger partial charge in [0.25, 0.3) is 0 Å². The molecule has 0 aliphatic carbocycles. The number of esters is 1. The van der Waals surface area contributed by atoms with Crippen molar-refractivity contribution in [2.45, 2.75) is 77.9 Å². The molecule has 0 fully saturated rings. The molecule has 0 saturated carbocycles. The highest BCUT2D eigenvalue weighted by atomic mass is 28.4. The zero-order chi connectivity index (χ0) is 16.6. The van der Waals surface area contributed by atoms with Crippen molar-refractivity contribution >= 4 is 14.3 Å². The Balaban J connectivity index is 4.23. The molecule has 0 heterocycles. The molecule has 0 radical (unpaired) electrons. The topological polar surface area (TPSA) is 35.5 Å². The Hall–Kier alpha value is -0.613. The van der Waals surface area contributed by atoms with E-state index < -0.39 is 8.32 Å². The van der Waals surface area contributed by atoms with E-state index in [0.29, 0.717) is 28.8 Å². The lowest BCUT2D eigenvalue weighted by atomic mass is 10.3. The van der Waals surface area contributed by atoms with Gasteiger partial charge >= 0.3 is 5.97 Å². The van der Waals surface area contributed by atoms with E-state index in [1.807, 2.05) is 0 Å². The molecule has 0 atom stereocenters. The Kier molecular flexibility index (Phi) is 9.14. The SMILES string of the molecule is C=C(C)C(=O)OCCCCO[Si](C(C)C)(C(C)C)C(C)C. The summed E-state index contributed by atoms with van der Waals surface area (Å²) in [4.78, 5) is 11.3. The Morgan fingerprint density at radius 1 is 0.952 bits per heavy atom. The lowest BCUT2D eigenvalue weighted by Gasteiger charge is -2.42. The monoisotopic (exact) mass is 314 g/mol. The molecule has 0 saturated heterocycles. The van der Waals surface area contributed by atoms with Crippen LogP contribution in [-0.4, -0.2) is 27.5 Å². The minimum absolute atomic E-state index is 0.300. The highest BCUT2D eigenvalue weighted by Crippen LogP contribution is 2.42. The van der Waals surface area contributed by atoms with E-state index in [-0.39, 0.29) is 5.97 Å². The molecule has 0 aromatic heterocycles. The molecular weight excluding hydrogens is 280 g/mol. The third kappa shape index (κ3) is 5.95. The van der Waals surface area contributed by atoms with Crippen molar-refractivity contribution in [3.63, 3.8) is 0 Å². The maximum absolute atomic E-state index is 11.3. The van der Waals surface area contributed by atoms with Crippen molar-refractivity contribution < 1.29 is 14.0 Å². The highest BCUT2D eigenvalue weighted by molar-refractivity contribution is 6.77. The standard InChI is InChI=1S/C17H34O3Si/c1-13(2)17(18)19-11-9-10-12-20-21(14(3)4,15(5)6)16(7)8/h14-16H,1,9-12H2,2-8H3. The van der Waals surface area contributed by atoms with Crippen molar-refractivity contribution in [3.8, 4) is 0 Å². The van der Waals surface area contributed by atoms with Crippen LogP contribution in [0.1, 0.15) is 61.3 Å². The van der Waals surface area contributed by atoms with Gasteiger partial charge in [0, 0.05) is 12.2 Å². The molecule has 0 unspecified atom stereocenters. The molecule has 3 nitrogen and oxygen atoms in total. The summed E-state index contributed by atoms with van der Waals surface area (Å²) in [5.74, 6) is -0.300. The van der Waals surface area contributed by atoms with Crippen molar-refractivity contribution in [2.75, 3.05) is 13.2 Å². The predicted octanol–water partition coefficient (Wildman–Crippen LogP) is 5.08. The first-order chi connectivity index (χ1) is 9.66. The molecule has 0 N–H and O–H groups in total.